The van der Waals surface area contributed by atoms with E-state index in [2.05, 4.69) is 0 Å². The van der Waals surface area contributed by atoms with Gasteiger partial charge in [-0.05, 0) is 35.7 Å². The SMILES string of the molecule is NC(Cc1cc(Cl)cc(Cl)c1)C(=O)OCc1ccccc1. The molecule has 0 fully saturated rings. The van der Waals surface area contributed by atoms with Crippen LogP contribution in [0.4, 0.5) is 0 Å². The number of carbonyl (C=O) groups excluding carboxylic acids is 1. The first-order valence-electron chi connectivity index (χ1n) is 6.45. The molecule has 0 aliphatic heterocycles. The molecule has 1 unspecified atom stereocenters. The highest BCUT2D eigenvalue weighted by molar-refractivity contribution is 6.34. The molecule has 0 aliphatic carbocycles. The summed E-state index contributed by atoms with van der Waals surface area (Å²) in [5.41, 5.74) is 7.58. The molecule has 0 radical (unpaired) electrons. The van der Waals surface area contributed by atoms with Crippen LogP contribution in [0.15, 0.2) is 48.5 Å². The average molecular weight is 324 g/mol. The number of rotatable bonds is 5. The Morgan fingerprint density at radius 3 is 2.29 bits per heavy atom. The van der Waals surface area contributed by atoms with Crippen molar-refractivity contribution in [3.8, 4) is 0 Å². The lowest BCUT2D eigenvalue weighted by Crippen LogP contribution is -2.34. The lowest BCUT2D eigenvalue weighted by Gasteiger charge is -2.12. The van der Waals surface area contributed by atoms with Crippen LogP contribution in [0.1, 0.15) is 11.1 Å². The molecule has 0 bridgehead atoms. The van der Waals surface area contributed by atoms with Gasteiger partial charge < -0.3 is 10.5 Å². The first-order valence-corrected chi connectivity index (χ1v) is 7.21. The van der Waals surface area contributed by atoms with Gasteiger partial charge in [0.15, 0.2) is 0 Å². The Hall–Kier alpha value is -1.55. The minimum Gasteiger partial charge on any atom is -0.460 e. The van der Waals surface area contributed by atoms with Crippen LogP contribution < -0.4 is 5.73 Å². The summed E-state index contributed by atoms with van der Waals surface area (Å²) in [6.45, 7) is 0.212. The zero-order valence-electron chi connectivity index (χ0n) is 11.3. The van der Waals surface area contributed by atoms with Gasteiger partial charge in [0, 0.05) is 10.0 Å². The van der Waals surface area contributed by atoms with Crippen molar-refractivity contribution < 1.29 is 9.53 Å². The molecule has 0 saturated heterocycles. The molecular weight excluding hydrogens is 309 g/mol. The van der Waals surface area contributed by atoms with Crippen LogP contribution in [0.3, 0.4) is 0 Å². The van der Waals surface area contributed by atoms with Crippen LogP contribution in [-0.2, 0) is 22.6 Å². The summed E-state index contributed by atoms with van der Waals surface area (Å²) in [6, 6.07) is 13.8. The number of nitrogens with two attached hydrogens (primary N) is 1. The summed E-state index contributed by atoms with van der Waals surface area (Å²) in [7, 11) is 0. The van der Waals surface area contributed by atoms with Crippen molar-refractivity contribution >= 4 is 29.2 Å². The molecule has 2 aromatic rings. The molecule has 0 aromatic heterocycles. The van der Waals surface area contributed by atoms with Crippen molar-refractivity contribution in [3.05, 3.63) is 69.7 Å². The third-order valence-electron chi connectivity index (χ3n) is 2.90. The number of ether oxygens (including phenoxy) is 1. The molecule has 0 saturated carbocycles. The van der Waals surface area contributed by atoms with Gasteiger partial charge in [-0.1, -0.05) is 53.5 Å². The Labute approximate surface area is 133 Å². The van der Waals surface area contributed by atoms with Crippen molar-refractivity contribution in [2.45, 2.75) is 19.1 Å². The maximum absolute atomic E-state index is 11.9. The summed E-state index contributed by atoms with van der Waals surface area (Å²) in [5.74, 6) is -0.449. The number of carbonyl (C=O) groups is 1. The molecule has 1 atom stereocenters. The zero-order valence-corrected chi connectivity index (χ0v) is 12.8. The average Bonchev–Trinajstić information content (AvgIpc) is 2.44. The van der Waals surface area contributed by atoms with Gasteiger partial charge in [0.2, 0.25) is 0 Å². The Balaban J connectivity index is 1.90. The first-order chi connectivity index (χ1) is 10.0. The smallest absolute Gasteiger partial charge is 0.323 e. The van der Waals surface area contributed by atoms with Crippen LogP contribution in [0, 0.1) is 0 Å². The predicted molar refractivity (Wildman–Crippen MR) is 84.4 cm³/mol. The maximum atomic E-state index is 11.9. The van der Waals surface area contributed by atoms with E-state index in [9.17, 15) is 4.79 Å². The van der Waals surface area contributed by atoms with E-state index in [4.69, 9.17) is 33.7 Å². The Morgan fingerprint density at radius 2 is 1.67 bits per heavy atom. The van der Waals surface area contributed by atoms with Crippen molar-refractivity contribution in [2.75, 3.05) is 0 Å². The van der Waals surface area contributed by atoms with E-state index in [0.29, 0.717) is 16.5 Å². The van der Waals surface area contributed by atoms with Gasteiger partial charge in [0.05, 0.1) is 0 Å². The standard InChI is InChI=1S/C16H15Cl2NO2/c17-13-6-12(7-14(18)9-13)8-15(19)16(20)21-10-11-4-2-1-3-5-11/h1-7,9,15H,8,10,19H2. The minimum atomic E-state index is -0.747. The Kier molecular flexibility index (Phi) is 5.62. The quantitative estimate of drug-likeness (QED) is 0.855. The lowest BCUT2D eigenvalue weighted by molar-refractivity contribution is -0.146. The lowest BCUT2D eigenvalue weighted by atomic mass is 10.1. The van der Waals surface area contributed by atoms with Crippen LogP contribution in [0.25, 0.3) is 0 Å². The van der Waals surface area contributed by atoms with E-state index in [0.717, 1.165) is 11.1 Å². The van der Waals surface area contributed by atoms with Gasteiger partial charge in [0.1, 0.15) is 12.6 Å². The van der Waals surface area contributed by atoms with Gasteiger partial charge in [-0.2, -0.15) is 0 Å². The van der Waals surface area contributed by atoms with Crippen molar-refractivity contribution in [3.63, 3.8) is 0 Å². The summed E-state index contributed by atoms with van der Waals surface area (Å²) >= 11 is 11.8. The monoisotopic (exact) mass is 323 g/mol. The van der Waals surface area contributed by atoms with E-state index in [1.807, 2.05) is 30.3 Å². The number of hydrogen-bond acceptors (Lipinski definition) is 3. The second-order valence-electron chi connectivity index (χ2n) is 4.68. The normalized spacial score (nSPS) is 12.0. The van der Waals surface area contributed by atoms with Crippen LogP contribution >= 0.6 is 23.2 Å². The van der Waals surface area contributed by atoms with E-state index in [1.165, 1.54) is 0 Å². The highest BCUT2D eigenvalue weighted by atomic mass is 35.5. The molecule has 110 valence electrons. The topological polar surface area (TPSA) is 52.3 Å². The Morgan fingerprint density at radius 1 is 1.05 bits per heavy atom. The van der Waals surface area contributed by atoms with Crippen LogP contribution in [-0.4, -0.2) is 12.0 Å². The molecule has 2 N–H and O–H groups in total. The predicted octanol–water partition coefficient (Wildman–Crippen LogP) is 3.61. The van der Waals surface area contributed by atoms with Gasteiger partial charge in [0.25, 0.3) is 0 Å². The van der Waals surface area contributed by atoms with Crippen LogP contribution in [0.5, 0.6) is 0 Å². The third kappa shape index (κ3) is 5.05. The largest absolute Gasteiger partial charge is 0.460 e. The molecule has 2 aromatic carbocycles. The fraction of sp³-hybridized carbons (Fsp3) is 0.188. The summed E-state index contributed by atoms with van der Waals surface area (Å²) in [4.78, 5) is 11.9. The molecule has 0 aliphatic rings. The molecule has 3 nitrogen and oxygen atoms in total. The van der Waals surface area contributed by atoms with Gasteiger partial charge in [-0.3, -0.25) is 4.79 Å². The molecule has 0 amide bonds. The fourth-order valence-corrected chi connectivity index (χ4v) is 2.47. The molecule has 0 spiro atoms. The van der Waals surface area contributed by atoms with E-state index < -0.39 is 12.0 Å². The second-order valence-corrected chi connectivity index (χ2v) is 5.55. The van der Waals surface area contributed by atoms with Gasteiger partial charge >= 0.3 is 5.97 Å². The highest BCUT2D eigenvalue weighted by Crippen LogP contribution is 2.20. The number of benzene rings is 2. The minimum absolute atomic E-state index is 0.212. The number of esters is 1. The van der Waals surface area contributed by atoms with Crippen molar-refractivity contribution in [2.24, 2.45) is 5.73 Å². The summed E-state index contributed by atoms with van der Waals surface area (Å²) in [5, 5.41) is 1.03. The van der Waals surface area contributed by atoms with Crippen LogP contribution in [0.2, 0.25) is 10.0 Å². The fourth-order valence-electron chi connectivity index (χ4n) is 1.90. The third-order valence-corrected chi connectivity index (χ3v) is 3.34. The summed E-state index contributed by atoms with van der Waals surface area (Å²) in [6.07, 6.45) is 0.327. The second kappa shape index (κ2) is 7.46. The summed E-state index contributed by atoms with van der Waals surface area (Å²) < 4.78 is 5.19. The molecular formula is C16H15Cl2NO2. The van der Waals surface area contributed by atoms with E-state index in [-0.39, 0.29) is 6.61 Å². The van der Waals surface area contributed by atoms with Gasteiger partial charge in [-0.15, -0.1) is 0 Å². The first kappa shape index (κ1) is 15.8. The van der Waals surface area contributed by atoms with Crippen molar-refractivity contribution in [1.29, 1.82) is 0 Å². The molecule has 2 rings (SSSR count). The molecule has 5 heteroatoms. The zero-order chi connectivity index (χ0) is 15.2. The van der Waals surface area contributed by atoms with Gasteiger partial charge in [-0.25, -0.2) is 0 Å². The highest BCUT2D eigenvalue weighted by Gasteiger charge is 2.16. The van der Waals surface area contributed by atoms with E-state index >= 15 is 0 Å². The molecule has 21 heavy (non-hydrogen) atoms. The molecule has 0 heterocycles. The maximum Gasteiger partial charge on any atom is 0.323 e. The number of halogens is 2. The number of hydrogen-bond donors (Lipinski definition) is 1. The van der Waals surface area contributed by atoms with Crippen molar-refractivity contribution in [1.82, 2.24) is 0 Å². The Bertz CT molecular complexity index is 597. The van der Waals surface area contributed by atoms with E-state index in [1.54, 1.807) is 18.2 Å².